The highest BCUT2D eigenvalue weighted by Gasteiger charge is 2.27. The van der Waals surface area contributed by atoms with Gasteiger partial charge in [0.15, 0.2) is 11.5 Å². The minimum absolute atomic E-state index is 0.177. The van der Waals surface area contributed by atoms with E-state index in [0.29, 0.717) is 39.8 Å². The Morgan fingerprint density at radius 1 is 0.821 bits per heavy atom. The van der Waals surface area contributed by atoms with Crippen LogP contribution in [0.4, 0.5) is 5.69 Å². The van der Waals surface area contributed by atoms with Crippen LogP contribution < -0.4 is 24.3 Å². The SMILES string of the molecule is COc1cc(-c2nn(-c3ccc(C)cc3C)c(OC(C)=O)c2-c2ccc(NC(C)=O)cc2)cc(OC)c1OC. The lowest BCUT2D eigenvalue weighted by Crippen LogP contribution is -2.09. The van der Waals surface area contributed by atoms with Gasteiger partial charge in [-0.1, -0.05) is 29.8 Å². The summed E-state index contributed by atoms with van der Waals surface area (Å²) in [6.45, 7) is 6.78. The average molecular weight is 530 g/mol. The lowest BCUT2D eigenvalue weighted by molar-refractivity contribution is -0.132. The Morgan fingerprint density at radius 2 is 1.46 bits per heavy atom. The summed E-state index contributed by atoms with van der Waals surface area (Å²) in [6.07, 6.45) is 0. The standard InChI is InChI=1S/C30H31N3O6/c1-17-8-13-24(18(2)14-17)33-30(39-20(4)35)27(21-9-11-23(12-10-21)31-19(3)34)28(32-33)22-15-25(36-5)29(38-7)26(16-22)37-6/h8-16H,1-7H3,(H,31,34). The molecule has 1 aromatic heterocycles. The van der Waals surface area contributed by atoms with Crippen LogP contribution in [0.25, 0.3) is 28.1 Å². The summed E-state index contributed by atoms with van der Waals surface area (Å²) in [7, 11) is 4.62. The van der Waals surface area contributed by atoms with Crippen LogP contribution >= 0.6 is 0 Å². The minimum Gasteiger partial charge on any atom is -0.493 e. The summed E-state index contributed by atoms with van der Waals surface area (Å²) in [4.78, 5) is 23.9. The van der Waals surface area contributed by atoms with Gasteiger partial charge in [0.25, 0.3) is 0 Å². The van der Waals surface area contributed by atoms with Crippen molar-refractivity contribution in [1.82, 2.24) is 9.78 Å². The molecule has 0 aliphatic carbocycles. The summed E-state index contributed by atoms with van der Waals surface area (Å²) < 4.78 is 24.2. The van der Waals surface area contributed by atoms with Gasteiger partial charge in [-0.15, -0.1) is 0 Å². The highest BCUT2D eigenvalue weighted by molar-refractivity contribution is 5.91. The van der Waals surface area contributed by atoms with E-state index in [-0.39, 0.29) is 11.8 Å². The van der Waals surface area contributed by atoms with Gasteiger partial charge in [-0.05, 0) is 55.3 Å². The van der Waals surface area contributed by atoms with Crippen LogP contribution in [-0.2, 0) is 9.59 Å². The van der Waals surface area contributed by atoms with Gasteiger partial charge < -0.3 is 24.3 Å². The predicted octanol–water partition coefficient (Wildman–Crippen LogP) is 5.73. The molecule has 1 amide bonds. The zero-order valence-electron chi connectivity index (χ0n) is 23.0. The van der Waals surface area contributed by atoms with E-state index >= 15 is 0 Å². The molecule has 1 N–H and O–H groups in total. The van der Waals surface area contributed by atoms with E-state index in [1.54, 1.807) is 43.2 Å². The molecule has 0 saturated heterocycles. The van der Waals surface area contributed by atoms with Crippen molar-refractivity contribution in [3.05, 3.63) is 65.7 Å². The molecule has 0 atom stereocenters. The van der Waals surface area contributed by atoms with Gasteiger partial charge in [0.2, 0.25) is 17.5 Å². The van der Waals surface area contributed by atoms with Crippen LogP contribution in [0.15, 0.2) is 54.6 Å². The van der Waals surface area contributed by atoms with Crippen LogP contribution in [0.2, 0.25) is 0 Å². The second kappa shape index (κ2) is 11.3. The molecular weight excluding hydrogens is 498 g/mol. The van der Waals surface area contributed by atoms with Gasteiger partial charge in [-0.25, -0.2) is 0 Å². The molecule has 0 bridgehead atoms. The highest BCUT2D eigenvalue weighted by atomic mass is 16.5. The molecule has 4 rings (SSSR count). The fourth-order valence-electron chi connectivity index (χ4n) is 4.44. The normalized spacial score (nSPS) is 10.6. The molecule has 0 fully saturated rings. The number of hydrogen-bond donors (Lipinski definition) is 1. The minimum atomic E-state index is -0.492. The Balaban J connectivity index is 2.07. The maximum atomic E-state index is 12.4. The lowest BCUT2D eigenvalue weighted by Gasteiger charge is -2.14. The predicted molar refractivity (Wildman–Crippen MR) is 149 cm³/mol. The fourth-order valence-corrected chi connectivity index (χ4v) is 4.44. The van der Waals surface area contributed by atoms with Crippen molar-refractivity contribution in [1.29, 1.82) is 0 Å². The third-order valence-electron chi connectivity index (χ3n) is 6.10. The number of amides is 1. The molecular formula is C30H31N3O6. The van der Waals surface area contributed by atoms with Crippen LogP contribution in [0, 0.1) is 13.8 Å². The number of nitrogens with one attached hydrogen (secondary N) is 1. The summed E-state index contributed by atoms with van der Waals surface area (Å²) in [6, 6.07) is 16.8. The maximum absolute atomic E-state index is 12.4. The van der Waals surface area contributed by atoms with Crippen molar-refractivity contribution in [3.63, 3.8) is 0 Å². The lowest BCUT2D eigenvalue weighted by atomic mass is 10.00. The number of carbonyl (C=O) groups is 2. The van der Waals surface area contributed by atoms with Gasteiger partial charge in [-0.2, -0.15) is 9.78 Å². The number of nitrogens with zero attached hydrogens (tertiary/aromatic N) is 2. The van der Waals surface area contributed by atoms with E-state index in [2.05, 4.69) is 5.32 Å². The topological polar surface area (TPSA) is 101 Å². The number of carbonyl (C=O) groups excluding carboxylic acids is 2. The average Bonchev–Trinajstić information content (AvgIpc) is 3.25. The number of aromatic nitrogens is 2. The van der Waals surface area contributed by atoms with E-state index in [1.165, 1.54) is 21.0 Å². The number of rotatable bonds is 8. The monoisotopic (exact) mass is 529 g/mol. The number of methoxy groups -OCH3 is 3. The number of esters is 1. The van der Waals surface area contributed by atoms with Crippen molar-refractivity contribution in [2.45, 2.75) is 27.7 Å². The Labute approximate surface area is 227 Å². The van der Waals surface area contributed by atoms with E-state index in [1.807, 2.05) is 44.2 Å². The molecule has 9 heteroatoms. The molecule has 0 aliphatic heterocycles. The van der Waals surface area contributed by atoms with Crippen LogP contribution in [0.3, 0.4) is 0 Å². The molecule has 0 radical (unpaired) electrons. The van der Waals surface area contributed by atoms with Gasteiger partial charge in [0, 0.05) is 25.1 Å². The van der Waals surface area contributed by atoms with Crippen LogP contribution in [-0.4, -0.2) is 43.0 Å². The van der Waals surface area contributed by atoms with Crippen molar-refractivity contribution < 1.29 is 28.5 Å². The molecule has 202 valence electrons. The van der Waals surface area contributed by atoms with Gasteiger partial charge >= 0.3 is 5.97 Å². The molecule has 0 unspecified atom stereocenters. The number of ether oxygens (including phenoxy) is 4. The van der Waals surface area contributed by atoms with E-state index < -0.39 is 5.97 Å². The number of hydrogen-bond acceptors (Lipinski definition) is 7. The Kier molecular flexibility index (Phi) is 7.90. The van der Waals surface area contributed by atoms with Crippen molar-refractivity contribution >= 4 is 17.6 Å². The van der Waals surface area contributed by atoms with Gasteiger partial charge in [-0.3, -0.25) is 9.59 Å². The quantitative estimate of drug-likeness (QED) is 0.291. The Morgan fingerprint density at radius 3 is 1.97 bits per heavy atom. The first-order chi connectivity index (χ1) is 18.7. The summed E-state index contributed by atoms with van der Waals surface area (Å²) >= 11 is 0. The Bertz CT molecular complexity index is 1510. The molecule has 4 aromatic rings. The summed E-state index contributed by atoms with van der Waals surface area (Å²) in [5.74, 6) is 0.935. The number of anilines is 1. The Hall–Kier alpha value is -4.79. The molecule has 0 spiro atoms. The first-order valence-corrected chi connectivity index (χ1v) is 12.2. The number of benzene rings is 3. The molecule has 1 heterocycles. The van der Waals surface area contributed by atoms with Crippen LogP contribution in [0.5, 0.6) is 23.1 Å². The number of aryl methyl sites for hydroxylation is 2. The fraction of sp³-hybridized carbons (Fsp3) is 0.233. The zero-order chi connectivity index (χ0) is 28.3. The van der Waals surface area contributed by atoms with Crippen LogP contribution in [0.1, 0.15) is 25.0 Å². The maximum Gasteiger partial charge on any atom is 0.309 e. The van der Waals surface area contributed by atoms with Gasteiger partial charge in [0.1, 0.15) is 5.69 Å². The molecule has 39 heavy (non-hydrogen) atoms. The second-order valence-corrected chi connectivity index (χ2v) is 9.00. The van der Waals surface area contributed by atoms with Crippen molar-refractivity contribution in [3.8, 4) is 51.2 Å². The smallest absolute Gasteiger partial charge is 0.309 e. The summed E-state index contributed by atoms with van der Waals surface area (Å²) in [5, 5.41) is 7.74. The van der Waals surface area contributed by atoms with E-state index in [0.717, 1.165) is 22.4 Å². The largest absolute Gasteiger partial charge is 0.493 e. The van der Waals surface area contributed by atoms with Crippen molar-refractivity contribution in [2.24, 2.45) is 0 Å². The molecule has 0 aliphatic rings. The summed E-state index contributed by atoms with van der Waals surface area (Å²) in [5.41, 5.74) is 5.92. The third kappa shape index (κ3) is 5.57. The second-order valence-electron chi connectivity index (χ2n) is 9.00. The van der Waals surface area contributed by atoms with E-state index in [9.17, 15) is 9.59 Å². The highest BCUT2D eigenvalue weighted by Crippen LogP contribution is 2.46. The first-order valence-electron chi connectivity index (χ1n) is 12.2. The van der Waals surface area contributed by atoms with Gasteiger partial charge in [0.05, 0.1) is 32.6 Å². The first kappa shape index (κ1) is 27.3. The van der Waals surface area contributed by atoms with E-state index in [4.69, 9.17) is 24.0 Å². The third-order valence-corrected chi connectivity index (χ3v) is 6.10. The molecule has 3 aromatic carbocycles. The molecule has 9 nitrogen and oxygen atoms in total. The zero-order valence-corrected chi connectivity index (χ0v) is 23.0. The molecule has 0 saturated carbocycles. The van der Waals surface area contributed by atoms with Crippen molar-refractivity contribution in [2.75, 3.05) is 26.6 Å².